The standard InChI is InChI=1S/C14H19FN2O3/c1-9(18)10-4-3-5-11(15)13(10)17-6-7-20-8-12(17)14(19)16-2/h3-5,9,12,18H,6-8H2,1-2H3,(H,16,19)/t9-,12?/m0/s1. The number of halogens is 1. The van der Waals surface area contributed by atoms with Crippen LogP contribution in [0.2, 0.25) is 0 Å². The molecule has 1 aliphatic rings. The molecule has 2 N–H and O–H groups in total. The van der Waals surface area contributed by atoms with Crippen molar-refractivity contribution >= 4 is 11.6 Å². The maximum atomic E-state index is 14.2. The summed E-state index contributed by atoms with van der Waals surface area (Å²) in [6, 6.07) is 3.95. The predicted octanol–water partition coefficient (Wildman–Crippen LogP) is 0.830. The van der Waals surface area contributed by atoms with Gasteiger partial charge in [0.05, 0.1) is 25.0 Å². The van der Waals surface area contributed by atoms with E-state index in [1.165, 1.54) is 13.1 Å². The number of amides is 1. The molecule has 0 aliphatic carbocycles. The number of para-hydroxylation sites is 1. The number of hydrogen-bond donors (Lipinski definition) is 2. The lowest BCUT2D eigenvalue weighted by Crippen LogP contribution is -2.54. The molecule has 1 heterocycles. The zero-order valence-corrected chi connectivity index (χ0v) is 11.6. The maximum absolute atomic E-state index is 14.2. The molecule has 1 unspecified atom stereocenters. The van der Waals surface area contributed by atoms with Gasteiger partial charge in [0.1, 0.15) is 11.9 Å². The van der Waals surface area contributed by atoms with Gasteiger partial charge in [0.25, 0.3) is 0 Å². The quantitative estimate of drug-likeness (QED) is 0.862. The first-order chi connectivity index (χ1) is 9.56. The van der Waals surface area contributed by atoms with E-state index in [0.29, 0.717) is 18.7 Å². The molecule has 0 spiro atoms. The lowest BCUT2D eigenvalue weighted by molar-refractivity contribution is -0.124. The normalized spacial score (nSPS) is 20.6. The summed E-state index contributed by atoms with van der Waals surface area (Å²) in [6.07, 6.45) is -0.811. The fourth-order valence-electron chi connectivity index (χ4n) is 2.43. The molecule has 0 saturated carbocycles. The molecular weight excluding hydrogens is 263 g/mol. The number of benzene rings is 1. The van der Waals surface area contributed by atoms with E-state index in [4.69, 9.17) is 4.74 Å². The Morgan fingerprint density at radius 1 is 1.60 bits per heavy atom. The number of nitrogens with one attached hydrogen (secondary N) is 1. The van der Waals surface area contributed by atoms with Crippen LogP contribution in [0.1, 0.15) is 18.6 Å². The molecule has 0 aromatic heterocycles. The number of morpholine rings is 1. The van der Waals surface area contributed by atoms with Crippen molar-refractivity contribution in [2.24, 2.45) is 0 Å². The van der Waals surface area contributed by atoms with Gasteiger partial charge in [0.2, 0.25) is 5.91 Å². The smallest absolute Gasteiger partial charge is 0.244 e. The minimum atomic E-state index is -0.811. The fraction of sp³-hybridized carbons (Fsp3) is 0.500. The molecule has 2 atom stereocenters. The van der Waals surface area contributed by atoms with Gasteiger partial charge >= 0.3 is 0 Å². The van der Waals surface area contributed by atoms with E-state index in [0.717, 1.165) is 0 Å². The molecule has 1 aromatic carbocycles. The van der Waals surface area contributed by atoms with Crippen LogP contribution in [0.15, 0.2) is 18.2 Å². The molecular formula is C14H19FN2O3. The molecule has 6 heteroatoms. The Kier molecular flexibility index (Phi) is 4.57. The number of hydrogen-bond acceptors (Lipinski definition) is 4. The van der Waals surface area contributed by atoms with Gasteiger partial charge in [-0.05, 0) is 13.0 Å². The molecule has 5 nitrogen and oxygen atoms in total. The Morgan fingerprint density at radius 2 is 2.35 bits per heavy atom. The minimum Gasteiger partial charge on any atom is -0.389 e. The zero-order chi connectivity index (χ0) is 14.7. The van der Waals surface area contributed by atoms with Gasteiger partial charge in [-0.25, -0.2) is 4.39 Å². The largest absolute Gasteiger partial charge is 0.389 e. The Hall–Kier alpha value is -1.66. The average molecular weight is 282 g/mol. The monoisotopic (exact) mass is 282 g/mol. The highest BCUT2D eigenvalue weighted by atomic mass is 19.1. The number of carbonyl (C=O) groups excluding carboxylic acids is 1. The van der Waals surface area contributed by atoms with Gasteiger partial charge in [0, 0.05) is 19.2 Å². The highest BCUT2D eigenvalue weighted by Gasteiger charge is 2.32. The van der Waals surface area contributed by atoms with E-state index in [-0.39, 0.29) is 18.2 Å². The topological polar surface area (TPSA) is 61.8 Å². The number of anilines is 1. The van der Waals surface area contributed by atoms with Crippen molar-refractivity contribution in [3.8, 4) is 0 Å². The number of aliphatic hydroxyl groups excluding tert-OH is 1. The minimum absolute atomic E-state index is 0.202. The summed E-state index contributed by atoms with van der Waals surface area (Å²) < 4.78 is 19.5. The Balaban J connectivity index is 2.44. The SMILES string of the molecule is CNC(=O)C1COCCN1c1c(F)cccc1[C@H](C)O. The molecule has 1 amide bonds. The molecule has 1 saturated heterocycles. The van der Waals surface area contributed by atoms with E-state index < -0.39 is 18.0 Å². The summed E-state index contributed by atoms with van der Waals surface area (Å²) in [7, 11) is 1.53. The van der Waals surface area contributed by atoms with Crippen molar-refractivity contribution in [2.45, 2.75) is 19.1 Å². The van der Waals surface area contributed by atoms with Gasteiger partial charge in [-0.15, -0.1) is 0 Å². The van der Waals surface area contributed by atoms with Crippen LogP contribution < -0.4 is 10.2 Å². The molecule has 0 bridgehead atoms. The summed E-state index contributed by atoms with van der Waals surface area (Å²) in [6.45, 7) is 2.60. The lowest BCUT2D eigenvalue weighted by atomic mass is 10.0. The third-order valence-electron chi connectivity index (χ3n) is 3.43. The van der Waals surface area contributed by atoms with E-state index in [1.54, 1.807) is 24.0 Å². The highest BCUT2D eigenvalue weighted by Crippen LogP contribution is 2.31. The second-order valence-electron chi connectivity index (χ2n) is 4.75. The molecule has 110 valence electrons. The first-order valence-corrected chi connectivity index (χ1v) is 6.58. The predicted molar refractivity (Wildman–Crippen MR) is 73.1 cm³/mol. The van der Waals surface area contributed by atoms with Gasteiger partial charge in [-0.2, -0.15) is 0 Å². The number of nitrogens with zero attached hydrogens (tertiary/aromatic N) is 1. The number of carbonyl (C=O) groups is 1. The van der Waals surface area contributed by atoms with Crippen LogP contribution in [-0.4, -0.2) is 43.9 Å². The summed E-state index contributed by atoms with van der Waals surface area (Å²) in [5, 5.41) is 12.4. The summed E-state index contributed by atoms with van der Waals surface area (Å²) in [5.74, 6) is -0.677. The first-order valence-electron chi connectivity index (χ1n) is 6.58. The fourth-order valence-corrected chi connectivity index (χ4v) is 2.43. The van der Waals surface area contributed by atoms with Crippen molar-refractivity contribution in [1.29, 1.82) is 0 Å². The number of rotatable bonds is 3. The third-order valence-corrected chi connectivity index (χ3v) is 3.43. The Bertz CT molecular complexity index is 493. The van der Waals surface area contributed by atoms with Crippen molar-refractivity contribution in [1.82, 2.24) is 5.32 Å². The second kappa shape index (κ2) is 6.19. The van der Waals surface area contributed by atoms with Crippen LogP contribution in [0, 0.1) is 5.82 Å². The van der Waals surface area contributed by atoms with Crippen LogP contribution in [0.4, 0.5) is 10.1 Å². The van der Waals surface area contributed by atoms with Crippen molar-refractivity contribution in [2.75, 3.05) is 31.7 Å². The Labute approximate surface area is 117 Å². The second-order valence-corrected chi connectivity index (χ2v) is 4.75. The van der Waals surface area contributed by atoms with Crippen molar-refractivity contribution in [3.05, 3.63) is 29.6 Å². The maximum Gasteiger partial charge on any atom is 0.244 e. The van der Waals surface area contributed by atoms with Gasteiger partial charge in [0.15, 0.2) is 0 Å². The molecule has 1 fully saturated rings. The van der Waals surface area contributed by atoms with E-state index >= 15 is 0 Å². The Morgan fingerprint density at radius 3 is 3.00 bits per heavy atom. The van der Waals surface area contributed by atoms with Gasteiger partial charge in [-0.1, -0.05) is 12.1 Å². The van der Waals surface area contributed by atoms with Crippen molar-refractivity contribution < 1.29 is 19.0 Å². The summed E-state index contributed by atoms with van der Waals surface area (Å²) in [4.78, 5) is 13.6. The van der Waals surface area contributed by atoms with Gasteiger partial charge in [-0.3, -0.25) is 4.79 Å². The molecule has 0 radical (unpaired) electrons. The van der Waals surface area contributed by atoms with E-state index in [2.05, 4.69) is 5.32 Å². The van der Waals surface area contributed by atoms with Crippen LogP contribution in [0.3, 0.4) is 0 Å². The molecule has 2 rings (SSSR count). The van der Waals surface area contributed by atoms with Crippen LogP contribution >= 0.6 is 0 Å². The molecule has 1 aliphatic heterocycles. The lowest BCUT2D eigenvalue weighted by Gasteiger charge is -2.37. The van der Waals surface area contributed by atoms with E-state index in [9.17, 15) is 14.3 Å². The number of likely N-dealkylation sites (N-methyl/N-ethyl adjacent to an activating group) is 1. The average Bonchev–Trinajstić information content (AvgIpc) is 2.46. The van der Waals surface area contributed by atoms with Crippen molar-refractivity contribution in [3.63, 3.8) is 0 Å². The number of aliphatic hydroxyl groups is 1. The summed E-state index contributed by atoms with van der Waals surface area (Å²) in [5.41, 5.74) is 0.750. The van der Waals surface area contributed by atoms with Crippen LogP contribution in [-0.2, 0) is 9.53 Å². The molecule has 1 aromatic rings. The highest BCUT2D eigenvalue weighted by molar-refractivity contribution is 5.85. The van der Waals surface area contributed by atoms with Crippen LogP contribution in [0.25, 0.3) is 0 Å². The third kappa shape index (κ3) is 2.76. The molecule has 20 heavy (non-hydrogen) atoms. The summed E-state index contributed by atoms with van der Waals surface area (Å²) >= 11 is 0. The number of ether oxygens (including phenoxy) is 1. The zero-order valence-electron chi connectivity index (χ0n) is 11.6. The van der Waals surface area contributed by atoms with Gasteiger partial charge < -0.3 is 20.1 Å². The van der Waals surface area contributed by atoms with E-state index in [1.807, 2.05) is 0 Å². The first kappa shape index (κ1) is 14.7. The van der Waals surface area contributed by atoms with Crippen LogP contribution in [0.5, 0.6) is 0 Å².